The first kappa shape index (κ1) is 21.2. The van der Waals surface area contributed by atoms with Crippen molar-refractivity contribution in [2.75, 3.05) is 21.3 Å². The van der Waals surface area contributed by atoms with E-state index < -0.39 is 20.4 Å². The first-order chi connectivity index (χ1) is 12.8. The Morgan fingerprint density at radius 1 is 1.04 bits per heavy atom. The number of nitro benzene ring substituents is 1. The molecule has 0 saturated heterocycles. The molecule has 0 heterocycles. The largest absolute Gasteiger partial charge is 0.493 e. The normalized spacial score (nSPS) is 12.8. The lowest BCUT2D eigenvalue weighted by molar-refractivity contribution is -0.385. The molecule has 144 valence electrons. The van der Waals surface area contributed by atoms with E-state index >= 15 is 0 Å². The molecule has 2 rings (SSSR count). The molecular formula is C18H17Br2NO6. The van der Waals surface area contributed by atoms with Crippen molar-refractivity contribution in [1.82, 2.24) is 0 Å². The van der Waals surface area contributed by atoms with Crippen LogP contribution in [0.15, 0.2) is 36.4 Å². The summed E-state index contributed by atoms with van der Waals surface area (Å²) in [6, 6.07) is 9.26. The number of ether oxygens (including phenoxy) is 3. The molecular weight excluding hydrogens is 486 g/mol. The number of benzene rings is 2. The quantitative estimate of drug-likeness (QED) is 0.225. The van der Waals surface area contributed by atoms with Crippen LogP contribution in [-0.2, 0) is 0 Å². The Kier molecular flexibility index (Phi) is 7.20. The number of alkyl halides is 2. The van der Waals surface area contributed by atoms with Crippen LogP contribution in [0.25, 0.3) is 0 Å². The third-order valence-corrected chi connectivity index (χ3v) is 6.59. The first-order valence-electron chi connectivity index (χ1n) is 7.71. The van der Waals surface area contributed by atoms with Crippen molar-refractivity contribution in [3.05, 3.63) is 57.6 Å². The number of ketones is 1. The fourth-order valence-corrected chi connectivity index (χ4v) is 3.61. The van der Waals surface area contributed by atoms with Gasteiger partial charge in [-0.1, -0.05) is 44.0 Å². The van der Waals surface area contributed by atoms with Gasteiger partial charge in [-0.05, 0) is 23.8 Å². The smallest absolute Gasteiger partial charge is 0.280 e. The van der Waals surface area contributed by atoms with Crippen molar-refractivity contribution in [3.8, 4) is 17.2 Å². The summed E-state index contributed by atoms with van der Waals surface area (Å²) in [6.07, 6.45) is 0. The zero-order valence-corrected chi connectivity index (χ0v) is 17.9. The zero-order valence-electron chi connectivity index (χ0n) is 14.8. The highest BCUT2D eigenvalue weighted by atomic mass is 79.9. The van der Waals surface area contributed by atoms with Gasteiger partial charge in [-0.3, -0.25) is 14.9 Å². The highest BCUT2D eigenvalue weighted by molar-refractivity contribution is 9.12. The zero-order chi connectivity index (χ0) is 20.1. The van der Waals surface area contributed by atoms with Gasteiger partial charge < -0.3 is 14.2 Å². The number of halogens is 2. The molecule has 0 aromatic heterocycles. The molecule has 9 heteroatoms. The second kappa shape index (κ2) is 9.18. The van der Waals surface area contributed by atoms with Gasteiger partial charge in [0.2, 0.25) is 5.75 Å². The number of hydrogen-bond acceptors (Lipinski definition) is 6. The van der Waals surface area contributed by atoms with E-state index in [1.54, 1.807) is 18.2 Å². The second-order valence-electron chi connectivity index (χ2n) is 5.40. The molecule has 0 aliphatic carbocycles. The van der Waals surface area contributed by atoms with Crippen LogP contribution in [0.5, 0.6) is 17.2 Å². The minimum absolute atomic E-state index is 0.0290. The van der Waals surface area contributed by atoms with Crippen molar-refractivity contribution in [1.29, 1.82) is 0 Å². The van der Waals surface area contributed by atoms with Crippen LogP contribution in [0.3, 0.4) is 0 Å². The number of hydrogen-bond donors (Lipinski definition) is 0. The number of carbonyl (C=O) groups excluding carboxylic acids is 1. The second-order valence-corrected chi connectivity index (χ2v) is 7.37. The molecule has 2 aromatic rings. The van der Waals surface area contributed by atoms with Gasteiger partial charge in [0.1, 0.15) is 0 Å². The maximum absolute atomic E-state index is 12.8. The molecule has 0 aliphatic rings. The summed E-state index contributed by atoms with van der Waals surface area (Å²) in [7, 11) is 4.49. The number of methoxy groups -OCH3 is 3. The molecule has 27 heavy (non-hydrogen) atoms. The Morgan fingerprint density at radius 2 is 1.59 bits per heavy atom. The summed E-state index contributed by atoms with van der Waals surface area (Å²) in [6.45, 7) is 0. The molecule has 0 radical (unpaired) electrons. The van der Waals surface area contributed by atoms with Gasteiger partial charge in [0.15, 0.2) is 17.3 Å². The van der Waals surface area contributed by atoms with Crippen molar-refractivity contribution >= 4 is 43.3 Å². The van der Waals surface area contributed by atoms with E-state index in [0.717, 1.165) is 0 Å². The molecule has 7 nitrogen and oxygen atoms in total. The van der Waals surface area contributed by atoms with Gasteiger partial charge in [0.05, 0.1) is 41.5 Å². The summed E-state index contributed by atoms with van der Waals surface area (Å²) in [5.74, 6) is 0.890. The lowest BCUT2D eigenvalue weighted by Crippen LogP contribution is -2.20. The summed E-state index contributed by atoms with van der Waals surface area (Å²) >= 11 is 6.86. The van der Waals surface area contributed by atoms with E-state index in [-0.39, 0.29) is 11.3 Å². The maximum Gasteiger partial charge on any atom is 0.280 e. The fraction of sp³-hybridized carbons (Fsp3) is 0.278. The van der Waals surface area contributed by atoms with Crippen LogP contribution in [0.2, 0.25) is 0 Å². The number of nitro groups is 1. The Labute approximate surface area is 173 Å². The minimum Gasteiger partial charge on any atom is -0.493 e. The van der Waals surface area contributed by atoms with Crippen molar-refractivity contribution in [2.24, 2.45) is 0 Å². The number of carbonyl (C=O) groups is 1. The third kappa shape index (κ3) is 4.41. The average molecular weight is 503 g/mol. The number of nitrogens with zero attached hydrogens (tertiary/aromatic N) is 1. The predicted molar refractivity (Wildman–Crippen MR) is 108 cm³/mol. The van der Waals surface area contributed by atoms with Crippen molar-refractivity contribution < 1.29 is 23.9 Å². The van der Waals surface area contributed by atoms with E-state index in [2.05, 4.69) is 31.9 Å². The maximum atomic E-state index is 12.8. The molecule has 2 aromatic carbocycles. The predicted octanol–water partition coefficient (Wildman–Crippen LogP) is 4.70. The number of para-hydroxylation sites is 1. The van der Waals surface area contributed by atoms with Crippen LogP contribution in [0.1, 0.15) is 20.7 Å². The average Bonchev–Trinajstić information content (AvgIpc) is 2.70. The highest BCUT2D eigenvalue weighted by Gasteiger charge is 2.31. The lowest BCUT2D eigenvalue weighted by atomic mass is 10.0. The molecule has 0 saturated carbocycles. The Balaban J connectivity index is 2.41. The molecule has 2 atom stereocenters. The number of rotatable bonds is 8. The summed E-state index contributed by atoms with van der Waals surface area (Å²) in [5, 5.41) is 11.2. The highest BCUT2D eigenvalue weighted by Crippen LogP contribution is 2.43. The molecule has 0 fully saturated rings. The van der Waals surface area contributed by atoms with Gasteiger partial charge in [-0.25, -0.2) is 0 Å². The standard InChI is InChI=1S/C18H17Br2NO6/c1-25-13-8-10(9-14(26-2)18(13)27-3)15(19)16(20)17(22)11-6-4-5-7-12(11)21(23)24/h4-9,15-16H,1-3H3/t15-,16+/m0/s1. The Morgan fingerprint density at radius 3 is 2.07 bits per heavy atom. The van der Waals surface area contributed by atoms with Crippen LogP contribution in [-0.4, -0.2) is 36.9 Å². The van der Waals surface area contributed by atoms with Crippen LogP contribution >= 0.6 is 31.9 Å². The van der Waals surface area contributed by atoms with Crippen LogP contribution in [0, 0.1) is 10.1 Å². The molecule has 0 N–H and O–H groups in total. The van der Waals surface area contributed by atoms with Gasteiger partial charge in [0.25, 0.3) is 5.69 Å². The molecule has 0 spiro atoms. The van der Waals surface area contributed by atoms with Crippen molar-refractivity contribution in [2.45, 2.75) is 9.65 Å². The fourth-order valence-electron chi connectivity index (χ4n) is 2.55. The first-order valence-corrected chi connectivity index (χ1v) is 9.54. The molecule has 0 aliphatic heterocycles. The van der Waals surface area contributed by atoms with E-state index in [1.165, 1.54) is 39.5 Å². The summed E-state index contributed by atoms with van der Waals surface area (Å²) in [4.78, 5) is 22.2. The van der Waals surface area contributed by atoms with Gasteiger partial charge >= 0.3 is 0 Å². The third-order valence-electron chi connectivity index (χ3n) is 3.88. The minimum atomic E-state index is -0.763. The van der Waals surface area contributed by atoms with Crippen LogP contribution < -0.4 is 14.2 Å². The summed E-state index contributed by atoms with van der Waals surface area (Å²) < 4.78 is 16.0. The van der Waals surface area contributed by atoms with Gasteiger partial charge in [-0.2, -0.15) is 0 Å². The molecule has 0 unspecified atom stereocenters. The Bertz CT molecular complexity index is 832. The topological polar surface area (TPSA) is 87.9 Å². The van der Waals surface area contributed by atoms with E-state index in [0.29, 0.717) is 22.8 Å². The van der Waals surface area contributed by atoms with Gasteiger partial charge in [0, 0.05) is 6.07 Å². The monoisotopic (exact) mass is 501 g/mol. The van der Waals surface area contributed by atoms with E-state index in [9.17, 15) is 14.9 Å². The number of Topliss-reactive ketones (excluding diaryl/α,β-unsaturated/α-hetero) is 1. The van der Waals surface area contributed by atoms with E-state index in [1.807, 2.05) is 0 Å². The van der Waals surface area contributed by atoms with E-state index in [4.69, 9.17) is 14.2 Å². The Hall–Kier alpha value is -2.13. The summed E-state index contributed by atoms with van der Waals surface area (Å²) in [5.41, 5.74) is 0.469. The SMILES string of the molecule is COc1cc([C@H](Br)[C@@H](Br)C(=O)c2ccccc2[N+](=O)[O-])cc(OC)c1OC. The van der Waals surface area contributed by atoms with Crippen molar-refractivity contribution in [3.63, 3.8) is 0 Å². The molecule has 0 amide bonds. The lowest BCUT2D eigenvalue weighted by Gasteiger charge is -2.19. The molecule has 0 bridgehead atoms. The van der Waals surface area contributed by atoms with Crippen LogP contribution in [0.4, 0.5) is 5.69 Å². The van der Waals surface area contributed by atoms with Gasteiger partial charge in [-0.15, -0.1) is 0 Å².